The van der Waals surface area contributed by atoms with E-state index < -0.39 is 0 Å². The van der Waals surface area contributed by atoms with Crippen LogP contribution in [0, 0.1) is 6.92 Å². The fraction of sp³-hybridized carbons (Fsp3) is 0.286. The number of hydrogen-bond donors (Lipinski definition) is 1. The van der Waals surface area contributed by atoms with Crippen LogP contribution >= 0.6 is 23.1 Å². The van der Waals surface area contributed by atoms with Crippen LogP contribution in [-0.2, 0) is 12.3 Å². The van der Waals surface area contributed by atoms with E-state index in [1.54, 1.807) is 11.8 Å². The van der Waals surface area contributed by atoms with Crippen LogP contribution < -0.4 is 14.8 Å². The lowest BCUT2D eigenvalue weighted by molar-refractivity contribution is 0.0950. The molecule has 1 amide bonds. The highest BCUT2D eigenvalue weighted by Crippen LogP contribution is 2.35. The number of carbonyl (C=O) groups is 1. The van der Waals surface area contributed by atoms with Crippen LogP contribution in [0.25, 0.3) is 0 Å². The van der Waals surface area contributed by atoms with E-state index >= 15 is 0 Å². The Hall–Kier alpha value is -2.58. The van der Waals surface area contributed by atoms with Gasteiger partial charge >= 0.3 is 0 Å². The number of hydrogen-bond acceptors (Lipinski definition) is 7. The Morgan fingerprint density at radius 3 is 2.72 bits per heavy atom. The van der Waals surface area contributed by atoms with Crippen LogP contribution in [0.4, 0.5) is 0 Å². The van der Waals surface area contributed by atoms with E-state index in [4.69, 9.17) is 9.47 Å². The second-order valence-electron chi connectivity index (χ2n) is 6.62. The number of nitrogens with zero attached hydrogens (tertiary/aromatic N) is 2. The van der Waals surface area contributed by atoms with Crippen LogP contribution in [0.2, 0.25) is 0 Å². The van der Waals surface area contributed by atoms with Gasteiger partial charge in [0.25, 0.3) is 5.91 Å². The molecule has 0 radical (unpaired) electrons. The Bertz CT molecular complexity index is 989. The van der Waals surface area contributed by atoms with Crippen molar-refractivity contribution in [2.45, 2.75) is 30.5 Å². The molecule has 0 spiro atoms. The molecule has 6 nitrogen and oxygen atoms in total. The first kappa shape index (κ1) is 19.7. The van der Waals surface area contributed by atoms with Crippen molar-refractivity contribution >= 4 is 29.0 Å². The van der Waals surface area contributed by atoms with E-state index in [0.717, 1.165) is 33.4 Å². The zero-order valence-corrected chi connectivity index (χ0v) is 17.6. The van der Waals surface area contributed by atoms with Crippen molar-refractivity contribution in [2.24, 2.45) is 0 Å². The first-order valence-electron chi connectivity index (χ1n) is 9.36. The number of rotatable bonds is 6. The standard InChI is InChI=1S/C21H21N3O3S2/c1-14-3-5-15(6-4-14)12-22-20(25)21-24-23-19(29-21)13-28-16-7-8-17-18(11-16)27-10-2-9-26-17/h3-8,11H,2,9-10,12-13H2,1H3,(H,22,25). The minimum atomic E-state index is -0.199. The highest BCUT2D eigenvalue weighted by atomic mass is 32.2. The van der Waals surface area contributed by atoms with Gasteiger partial charge in [0, 0.05) is 17.9 Å². The summed E-state index contributed by atoms with van der Waals surface area (Å²) in [5, 5.41) is 12.3. The van der Waals surface area contributed by atoms with E-state index in [1.165, 1.54) is 16.9 Å². The number of aromatic nitrogens is 2. The minimum Gasteiger partial charge on any atom is -0.490 e. The molecule has 0 unspecified atom stereocenters. The summed E-state index contributed by atoms with van der Waals surface area (Å²) in [5.41, 5.74) is 2.25. The number of aryl methyl sites for hydroxylation is 1. The lowest BCUT2D eigenvalue weighted by Gasteiger charge is -2.08. The Morgan fingerprint density at radius 2 is 1.90 bits per heavy atom. The fourth-order valence-corrected chi connectivity index (χ4v) is 4.41. The summed E-state index contributed by atoms with van der Waals surface area (Å²) in [7, 11) is 0. The largest absolute Gasteiger partial charge is 0.490 e. The van der Waals surface area contributed by atoms with E-state index in [0.29, 0.717) is 30.5 Å². The number of nitrogens with one attached hydrogen (secondary N) is 1. The first-order valence-corrected chi connectivity index (χ1v) is 11.2. The molecule has 0 fully saturated rings. The van der Waals surface area contributed by atoms with Gasteiger partial charge in [-0.3, -0.25) is 4.79 Å². The van der Waals surface area contributed by atoms with Crippen molar-refractivity contribution in [2.75, 3.05) is 13.2 Å². The van der Waals surface area contributed by atoms with Gasteiger partial charge in [-0.1, -0.05) is 41.2 Å². The number of benzene rings is 2. The van der Waals surface area contributed by atoms with Crippen molar-refractivity contribution in [1.29, 1.82) is 0 Å². The van der Waals surface area contributed by atoms with Gasteiger partial charge in [0.15, 0.2) is 11.5 Å². The third-order valence-corrected chi connectivity index (χ3v) is 6.43. The SMILES string of the molecule is Cc1ccc(CNC(=O)c2nnc(CSc3ccc4c(c3)OCCCO4)s2)cc1. The number of carbonyl (C=O) groups excluding carboxylic acids is 1. The zero-order valence-electron chi connectivity index (χ0n) is 16.0. The predicted molar refractivity (Wildman–Crippen MR) is 114 cm³/mol. The molecule has 1 aromatic heterocycles. The summed E-state index contributed by atoms with van der Waals surface area (Å²) in [6.07, 6.45) is 0.886. The molecule has 0 bridgehead atoms. The molecule has 2 heterocycles. The zero-order chi connectivity index (χ0) is 20.1. The molecular formula is C21H21N3O3S2. The molecule has 0 saturated heterocycles. The van der Waals surface area contributed by atoms with Gasteiger partial charge in [0.1, 0.15) is 5.01 Å². The van der Waals surface area contributed by atoms with Gasteiger partial charge in [-0.15, -0.1) is 22.0 Å². The maximum absolute atomic E-state index is 12.3. The Morgan fingerprint density at radius 1 is 1.10 bits per heavy atom. The maximum Gasteiger partial charge on any atom is 0.282 e. The Labute approximate surface area is 177 Å². The smallest absolute Gasteiger partial charge is 0.282 e. The molecule has 4 rings (SSSR count). The molecule has 150 valence electrons. The van der Waals surface area contributed by atoms with Crippen molar-refractivity contribution in [3.8, 4) is 11.5 Å². The lowest BCUT2D eigenvalue weighted by atomic mass is 10.1. The maximum atomic E-state index is 12.3. The topological polar surface area (TPSA) is 73.3 Å². The molecule has 29 heavy (non-hydrogen) atoms. The predicted octanol–water partition coefficient (Wildman–Crippen LogP) is 4.23. The van der Waals surface area contributed by atoms with Gasteiger partial charge in [0.05, 0.1) is 19.0 Å². The summed E-state index contributed by atoms with van der Waals surface area (Å²) in [6.45, 7) is 3.85. The number of amides is 1. The summed E-state index contributed by atoms with van der Waals surface area (Å²) in [4.78, 5) is 13.4. The van der Waals surface area contributed by atoms with Crippen molar-refractivity contribution in [3.05, 3.63) is 63.6 Å². The molecule has 3 aromatic rings. The van der Waals surface area contributed by atoms with E-state index in [1.807, 2.05) is 49.4 Å². The van der Waals surface area contributed by atoms with Crippen LogP contribution in [-0.4, -0.2) is 29.3 Å². The quantitative estimate of drug-likeness (QED) is 0.594. The number of ether oxygens (including phenoxy) is 2. The summed E-state index contributed by atoms with van der Waals surface area (Å²) in [5.74, 6) is 2.01. The minimum absolute atomic E-state index is 0.199. The fourth-order valence-electron chi connectivity index (χ4n) is 2.75. The average molecular weight is 428 g/mol. The van der Waals surface area contributed by atoms with Gasteiger partial charge < -0.3 is 14.8 Å². The van der Waals surface area contributed by atoms with Gasteiger partial charge in [-0.05, 0) is 30.7 Å². The molecule has 0 aliphatic carbocycles. The molecule has 1 N–H and O–H groups in total. The van der Waals surface area contributed by atoms with Crippen LogP contribution in [0.1, 0.15) is 32.4 Å². The summed E-state index contributed by atoms with van der Waals surface area (Å²) >= 11 is 2.95. The molecule has 2 aromatic carbocycles. The average Bonchev–Trinajstić information content (AvgIpc) is 3.09. The van der Waals surface area contributed by atoms with Gasteiger partial charge in [-0.2, -0.15) is 0 Å². The number of thioether (sulfide) groups is 1. The summed E-state index contributed by atoms with van der Waals surface area (Å²) < 4.78 is 11.4. The number of fused-ring (bicyclic) bond motifs is 1. The van der Waals surface area contributed by atoms with Crippen LogP contribution in [0.5, 0.6) is 11.5 Å². The van der Waals surface area contributed by atoms with Gasteiger partial charge in [-0.25, -0.2) is 0 Å². The third-order valence-electron chi connectivity index (χ3n) is 4.32. The normalized spacial score (nSPS) is 13.0. The van der Waals surface area contributed by atoms with Crippen LogP contribution in [0.3, 0.4) is 0 Å². The molecule has 8 heteroatoms. The van der Waals surface area contributed by atoms with E-state index in [9.17, 15) is 4.79 Å². The molecule has 1 aliphatic rings. The van der Waals surface area contributed by atoms with Crippen molar-refractivity contribution < 1.29 is 14.3 Å². The lowest BCUT2D eigenvalue weighted by Crippen LogP contribution is -2.22. The van der Waals surface area contributed by atoms with E-state index in [-0.39, 0.29) is 5.91 Å². The third kappa shape index (κ3) is 5.27. The molecule has 0 atom stereocenters. The van der Waals surface area contributed by atoms with E-state index in [2.05, 4.69) is 15.5 Å². The van der Waals surface area contributed by atoms with Crippen LogP contribution in [0.15, 0.2) is 47.4 Å². The van der Waals surface area contributed by atoms with Crippen molar-refractivity contribution in [3.63, 3.8) is 0 Å². The Balaban J connectivity index is 1.31. The molecule has 1 aliphatic heterocycles. The molecular weight excluding hydrogens is 406 g/mol. The highest BCUT2D eigenvalue weighted by molar-refractivity contribution is 7.98. The first-order chi connectivity index (χ1) is 14.2. The van der Waals surface area contributed by atoms with Gasteiger partial charge in [0.2, 0.25) is 5.01 Å². The molecule has 0 saturated carbocycles. The Kier molecular flexibility index (Phi) is 6.31. The monoisotopic (exact) mass is 427 g/mol. The van der Waals surface area contributed by atoms with Crippen molar-refractivity contribution in [1.82, 2.24) is 15.5 Å². The second kappa shape index (κ2) is 9.28. The second-order valence-corrected chi connectivity index (χ2v) is 8.73. The highest BCUT2D eigenvalue weighted by Gasteiger charge is 2.14. The summed E-state index contributed by atoms with van der Waals surface area (Å²) in [6, 6.07) is 14.0.